The molecule has 0 aliphatic rings. The standard InChI is InChI=1S/C16H11BrN4O2/c1-2-23-16(22)12-6-7-13-19-14(15(17)21(13)20-12)11-5-3-4-10(8-11)9-18/h3-8H,2H2,1H3. The summed E-state index contributed by atoms with van der Waals surface area (Å²) in [6.07, 6.45) is 0. The number of imidazole rings is 1. The monoisotopic (exact) mass is 370 g/mol. The SMILES string of the molecule is CCOC(=O)c1ccc2nc(-c3cccc(C#N)c3)c(Br)n2n1. The van der Waals surface area contributed by atoms with Gasteiger partial charge in [0.1, 0.15) is 10.3 Å². The molecule has 6 nitrogen and oxygen atoms in total. The number of nitrogens with zero attached hydrogens (tertiary/aromatic N) is 4. The number of aromatic nitrogens is 3. The first-order chi connectivity index (χ1) is 11.1. The highest BCUT2D eigenvalue weighted by Gasteiger charge is 2.16. The van der Waals surface area contributed by atoms with Gasteiger partial charge in [-0.25, -0.2) is 14.3 Å². The van der Waals surface area contributed by atoms with Crippen molar-refractivity contribution in [2.24, 2.45) is 0 Å². The zero-order valence-electron chi connectivity index (χ0n) is 12.2. The normalized spacial score (nSPS) is 10.5. The number of carbonyl (C=O) groups excluding carboxylic acids is 1. The fourth-order valence-corrected chi connectivity index (χ4v) is 2.72. The predicted octanol–water partition coefficient (Wildman–Crippen LogP) is 3.21. The highest BCUT2D eigenvalue weighted by Crippen LogP contribution is 2.28. The van der Waals surface area contributed by atoms with Crippen molar-refractivity contribution in [1.29, 1.82) is 5.26 Å². The van der Waals surface area contributed by atoms with Crippen LogP contribution in [-0.2, 0) is 4.74 Å². The Hall–Kier alpha value is -2.72. The van der Waals surface area contributed by atoms with E-state index in [9.17, 15) is 4.79 Å². The minimum Gasteiger partial charge on any atom is -0.461 e. The third kappa shape index (κ3) is 2.81. The first-order valence-corrected chi connectivity index (χ1v) is 7.66. The number of hydrogen-bond acceptors (Lipinski definition) is 5. The lowest BCUT2D eigenvalue weighted by Crippen LogP contribution is -2.09. The van der Waals surface area contributed by atoms with Gasteiger partial charge in [-0.3, -0.25) is 0 Å². The number of esters is 1. The summed E-state index contributed by atoms with van der Waals surface area (Å²) < 4.78 is 7.09. The van der Waals surface area contributed by atoms with Crippen LogP contribution in [0.25, 0.3) is 16.9 Å². The lowest BCUT2D eigenvalue weighted by Gasteiger charge is -2.01. The van der Waals surface area contributed by atoms with Crippen LogP contribution in [0.1, 0.15) is 23.0 Å². The molecular formula is C16H11BrN4O2. The van der Waals surface area contributed by atoms with Gasteiger partial charge in [-0.2, -0.15) is 10.4 Å². The van der Waals surface area contributed by atoms with Crippen molar-refractivity contribution in [3.63, 3.8) is 0 Å². The van der Waals surface area contributed by atoms with E-state index in [0.717, 1.165) is 5.56 Å². The molecule has 1 aromatic carbocycles. The second kappa shape index (κ2) is 6.18. The smallest absolute Gasteiger partial charge is 0.358 e. The molecule has 0 aliphatic heterocycles. The summed E-state index contributed by atoms with van der Waals surface area (Å²) >= 11 is 3.46. The molecule has 2 heterocycles. The topological polar surface area (TPSA) is 80.3 Å². The molecule has 0 saturated heterocycles. The van der Waals surface area contributed by atoms with E-state index in [0.29, 0.717) is 21.5 Å². The molecule has 0 spiro atoms. The number of halogens is 1. The molecule has 0 unspecified atom stereocenters. The molecule has 0 N–H and O–H groups in total. The van der Waals surface area contributed by atoms with E-state index in [-0.39, 0.29) is 12.3 Å². The molecule has 0 aliphatic carbocycles. The van der Waals surface area contributed by atoms with E-state index in [2.05, 4.69) is 32.1 Å². The van der Waals surface area contributed by atoms with Gasteiger partial charge >= 0.3 is 5.97 Å². The number of benzene rings is 1. The van der Waals surface area contributed by atoms with Crippen LogP contribution in [0.3, 0.4) is 0 Å². The second-order valence-corrected chi connectivity index (χ2v) is 5.40. The summed E-state index contributed by atoms with van der Waals surface area (Å²) in [5.74, 6) is -0.483. The zero-order chi connectivity index (χ0) is 16.4. The average Bonchev–Trinajstić information content (AvgIpc) is 2.91. The van der Waals surface area contributed by atoms with Gasteiger partial charge in [0.05, 0.1) is 18.2 Å². The van der Waals surface area contributed by atoms with E-state index in [1.165, 1.54) is 4.52 Å². The number of rotatable bonds is 3. The van der Waals surface area contributed by atoms with Gasteiger partial charge in [0.15, 0.2) is 11.3 Å². The van der Waals surface area contributed by atoms with Gasteiger partial charge in [0, 0.05) is 5.56 Å². The van der Waals surface area contributed by atoms with Crippen molar-refractivity contribution in [2.45, 2.75) is 6.92 Å². The Balaban J connectivity index is 2.11. The fraction of sp³-hybridized carbons (Fsp3) is 0.125. The minimum absolute atomic E-state index is 0.203. The third-order valence-corrected chi connectivity index (χ3v) is 3.88. The summed E-state index contributed by atoms with van der Waals surface area (Å²) in [7, 11) is 0. The maximum atomic E-state index is 11.8. The molecule has 0 radical (unpaired) electrons. The molecule has 23 heavy (non-hydrogen) atoms. The Morgan fingerprint density at radius 1 is 1.39 bits per heavy atom. The van der Waals surface area contributed by atoms with Gasteiger partial charge in [0.25, 0.3) is 0 Å². The maximum Gasteiger partial charge on any atom is 0.358 e. The van der Waals surface area contributed by atoms with Crippen LogP contribution in [0, 0.1) is 11.3 Å². The summed E-state index contributed by atoms with van der Waals surface area (Å²) in [6, 6.07) is 12.5. The fourth-order valence-electron chi connectivity index (χ4n) is 2.14. The molecule has 3 aromatic rings. The molecule has 7 heteroatoms. The lowest BCUT2D eigenvalue weighted by molar-refractivity contribution is 0.0517. The Morgan fingerprint density at radius 2 is 2.22 bits per heavy atom. The lowest BCUT2D eigenvalue weighted by atomic mass is 10.1. The third-order valence-electron chi connectivity index (χ3n) is 3.17. The highest BCUT2D eigenvalue weighted by atomic mass is 79.9. The Kier molecular flexibility index (Phi) is 4.08. The molecule has 0 atom stereocenters. The van der Waals surface area contributed by atoms with Gasteiger partial charge in [-0.1, -0.05) is 12.1 Å². The van der Waals surface area contributed by atoms with Crippen molar-refractivity contribution in [1.82, 2.24) is 14.6 Å². The van der Waals surface area contributed by atoms with Crippen LogP contribution in [0.4, 0.5) is 0 Å². The van der Waals surface area contributed by atoms with Gasteiger partial charge in [0.2, 0.25) is 0 Å². The maximum absolute atomic E-state index is 11.8. The average molecular weight is 371 g/mol. The number of ether oxygens (including phenoxy) is 1. The van der Waals surface area contributed by atoms with Gasteiger partial charge in [-0.15, -0.1) is 0 Å². The summed E-state index contributed by atoms with van der Waals surface area (Å²) in [6.45, 7) is 2.03. The van der Waals surface area contributed by atoms with Gasteiger partial charge < -0.3 is 4.74 Å². The highest BCUT2D eigenvalue weighted by molar-refractivity contribution is 9.10. The van der Waals surface area contributed by atoms with Crippen LogP contribution in [0.5, 0.6) is 0 Å². The first-order valence-electron chi connectivity index (χ1n) is 6.87. The first kappa shape index (κ1) is 15.2. The van der Waals surface area contributed by atoms with Crippen LogP contribution in [0.15, 0.2) is 41.0 Å². The molecule has 114 valence electrons. The Bertz CT molecular complexity index is 943. The van der Waals surface area contributed by atoms with Crippen molar-refractivity contribution in [3.8, 4) is 17.3 Å². The van der Waals surface area contributed by atoms with E-state index in [1.807, 2.05) is 6.07 Å². The second-order valence-electron chi connectivity index (χ2n) is 4.65. The molecule has 0 fully saturated rings. The molecule has 0 amide bonds. The van der Waals surface area contributed by atoms with Crippen LogP contribution >= 0.6 is 15.9 Å². The molecule has 3 rings (SSSR count). The molecule has 0 bridgehead atoms. The molecular weight excluding hydrogens is 360 g/mol. The Morgan fingerprint density at radius 3 is 2.96 bits per heavy atom. The van der Waals surface area contributed by atoms with Crippen molar-refractivity contribution >= 4 is 27.5 Å². The zero-order valence-corrected chi connectivity index (χ0v) is 13.7. The Labute approximate surface area is 140 Å². The van der Waals surface area contributed by atoms with E-state index < -0.39 is 5.97 Å². The summed E-state index contributed by atoms with van der Waals surface area (Å²) in [5, 5.41) is 13.3. The van der Waals surface area contributed by atoms with Crippen molar-refractivity contribution in [2.75, 3.05) is 6.61 Å². The number of carbonyl (C=O) groups is 1. The van der Waals surface area contributed by atoms with E-state index in [4.69, 9.17) is 10.00 Å². The summed E-state index contributed by atoms with van der Waals surface area (Å²) in [5.41, 5.74) is 2.78. The van der Waals surface area contributed by atoms with Crippen LogP contribution in [-0.4, -0.2) is 27.2 Å². The molecule has 0 saturated carbocycles. The number of hydrogen-bond donors (Lipinski definition) is 0. The number of nitriles is 1. The van der Waals surface area contributed by atoms with E-state index in [1.54, 1.807) is 37.3 Å². The van der Waals surface area contributed by atoms with Crippen LogP contribution < -0.4 is 0 Å². The quantitative estimate of drug-likeness (QED) is 0.661. The van der Waals surface area contributed by atoms with Gasteiger partial charge in [-0.05, 0) is 47.1 Å². The van der Waals surface area contributed by atoms with Crippen molar-refractivity contribution in [3.05, 3.63) is 52.3 Å². The minimum atomic E-state index is -0.483. The van der Waals surface area contributed by atoms with Crippen LogP contribution in [0.2, 0.25) is 0 Å². The molecule has 2 aromatic heterocycles. The largest absolute Gasteiger partial charge is 0.461 e. The summed E-state index contributed by atoms with van der Waals surface area (Å²) in [4.78, 5) is 16.3. The number of fused-ring (bicyclic) bond motifs is 1. The van der Waals surface area contributed by atoms with E-state index >= 15 is 0 Å². The van der Waals surface area contributed by atoms with Crippen molar-refractivity contribution < 1.29 is 9.53 Å². The predicted molar refractivity (Wildman–Crippen MR) is 86.8 cm³/mol.